The lowest BCUT2D eigenvalue weighted by atomic mass is 9.96. The van der Waals surface area contributed by atoms with Crippen molar-refractivity contribution in [3.8, 4) is 17.3 Å². The van der Waals surface area contributed by atoms with Gasteiger partial charge < -0.3 is 4.57 Å². The monoisotopic (exact) mass is 733 g/mol. The minimum absolute atomic E-state index is 0.0700. The lowest BCUT2D eigenvalue weighted by Gasteiger charge is -2.25. The van der Waals surface area contributed by atoms with Gasteiger partial charge in [-0.05, 0) is 25.0 Å². The summed E-state index contributed by atoms with van der Waals surface area (Å²) in [4.78, 5) is 30.7. The topological polar surface area (TPSA) is 163 Å². The highest BCUT2D eigenvalue weighted by Crippen LogP contribution is 2.44. The van der Waals surface area contributed by atoms with Crippen LogP contribution >= 0.6 is 22.9 Å². The Kier molecular flexibility index (Phi) is 9.28. The second-order valence-electron chi connectivity index (χ2n) is 9.58. The molecule has 12 nitrogen and oxygen atoms in total. The van der Waals surface area contributed by atoms with Gasteiger partial charge in [0.15, 0.2) is 0 Å². The van der Waals surface area contributed by atoms with Crippen LogP contribution in [0.4, 0.5) is 26.3 Å². The number of thiazole rings is 1. The Hall–Kier alpha value is -3.71. The molecule has 1 unspecified atom stereocenters. The van der Waals surface area contributed by atoms with Gasteiger partial charge in [-0.2, -0.15) is 48.4 Å². The first-order valence-corrected chi connectivity index (χ1v) is 16.5. The number of aryl methyl sites for hydroxylation is 1. The van der Waals surface area contributed by atoms with E-state index < -0.39 is 31.3 Å². The predicted octanol–water partition coefficient (Wildman–Crippen LogP) is 4.32. The van der Waals surface area contributed by atoms with Gasteiger partial charge in [-0.3, -0.25) is 13.9 Å². The van der Waals surface area contributed by atoms with Crippen molar-refractivity contribution in [2.24, 2.45) is 14.1 Å². The third-order valence-electron chi connectivity index (χ3n) is 6.71. The molecule has 0 saturated heterocycles. The summed E-state index contributed by atoms with van der Waals surface area (Å²) in [5.74, 6) is -0.0700. The molecule has 0 N–H and O–H groups in total. The summed E-state index contributed by atoms with van der Waals surface area (Å²) < 4.78 is 115. The summed E-state index contributed by atoms with van der Waals surface area (Å²) in [7, 11) is -10.5. The first-order valence-electron chi connectivity index (χ1n) is 12.4. The van der Waals surface area contributed by atoms with Crippen molar-refractivity contribution >= 4 is 54.1 Å². The van der Waals surface area contributed by atoms with Gasteiger partial charge in [-0.1, -0.05) is 23.7 Å². The van der Waals surface area contributed by atoms with Crippen LogP contribution in [0.5, 0.6) is 0 Å². The molecule has 0 saturated carbocycles. The van der Waals surface area contributed by atoms with Gasteiger partial charge in [0.05, 0.1) is 39.8 Å². The molecule has 3 aromatic heterocycles. The lowest BCUT2D eigenvalue weighted by molar-refractivity contribution is -0.0585. The Labute approximate surface area is 263 Å². The van der Waals surface area contributed by atoms with E-state index in [1.54, 1.807) is 29.1 Å². The molecule has 1 aromatic carbocycles. The Balaban J connectivity index is 0.000000273. The fraction of sp³-hybridized carbons (Fsp3) is 0.333. The molecule has 4 heterocycles. The van der Waals surface area contributed by atoms with Crippen LogP contribution in [-0.2, 0) is 44.5 Å². The largest absolute Gasteiger partial charge is 0.524 e. The van der Waals surface area contributed by atoms with Crippen LogP contribution in [-0.4, -0.2) is 46.5 Å². The van der Waals surface area contributed by atoms with Crippen molar-refractivity contribution in [3.05, 3.63) is 71.9 Å². The highest BCUT2D eigenvalue weighted by molar-refractivity contribution is 8.00. The number of aromatic nitrogens is 4. The number of nitriles is 1. The van der Waals surface area contributed by atoms with Gasteiger partial charge in [0, 0.05) is 31.6 Å². The summed E-state index contributed by atoms with van der Waals surface area (Å²) in [6.07, 6.45) is 1.75. The van der Waals surface area contributed by atoms with Crippen molar-refractivity contribution in [1.29, 1.82) is 5.26 Å². The molecule has 0 aliphatic carbocycles. The molecular weight excluding hydrogens is 716 g/mol. The number of halogens is 7. The molecule has 4 aromatic rings. The zero-order valence-corrected chi connectivity index (χ0v) is 26.3. The highest BCUT2D eigenvalue weighted by atomic mass is 35.5. The number of hydrogen-bond acceptors (Lipinski definition) is 10. The van der Waals surface area contributed by atoms with E-state index in [0.29, 0.717) is 28.2 Å². The van der Waals surface area contributed by atoms with Crippen LogP contribution < -0.4 is 11.2 Å². The average molecular weight is 734 g/mol. The molecule has 0 radical (unpaired) electrons. The standard InChI is InChI=1S/C22H18ClN5O2S.C2F6O5S2/c1-26-19-16(21(29)27(2)22(26)30)17(13-6-3-5-12(9-13)10-24)28-8-4-7-14(18(19)28)20-25-15(23)11-31-20;3-1(4,5)14(9,10)13-15(11,12)2(6,7)8/h3,5-6,9,11,14H,4,7-8H2,1-2H3;. The van der Waals surface area contributed by atoms with Crippen molar-refractivity contribution in [2.45, 2.75) is 36.3 Å². The number of alkyl halides is 6. The Morgan fingerprint density at radius 2 is 1.65 bits per heavy atom. The van der Waals surface area contributed by atoms with Crippen molar-refractivity contribution in [1.82, 2.24) is 18.7 Å². The van der Waals surface area contributed by atoms with E-state index in [2.05, 4.69) is 15.6 Å². The minimum atomic E-state index is -6.85. The molecule has 0 spiro atoms. The van der Waals surface area contributed by atoms with E-state index in [-0.39, 0.29) is 17.2 Å². The molecule has 248 valence electrons. The first kappa shape index (κ1) is 35.1. The van der Waals surface area contributed by atoms with Gasteiger partial charge in [0.1, 0.15) is 10.2 Å². The van der Waals surface area contributed by atoms with Crippen LogP contribution in [0, 0.1) is 11.3 Å². The Morgan fingerprint density at radius 1 is 1.04 bits per heavy atom. The number of rotatable bonds is 4. The molecule has 22 heteroatoms. The number of benzene rings is 1. The summed E-state index contributed by atoms with van der Waals surface area (Å²) in [6, 6.07) is 9.41. The fourth-order valence-corrected chi connectivity index (χ4v) is 7.47. The molecule has 1 aliphatic rings. The normalized spacial score (nSPS) is 15.6. The molecule has 5 rings (SSSR count). The third-order valence-corrected chi connectivity index (χ3v) is 10.6. The molecule has 0 amide bonds. The third kappa shape index (κ3) is 6.31. The summed E-state index contributed by atoms with van der Waals surface area (Å²) in [5.41, 5.74) is -9.66. The van der Waals surface area contributed by atoms with E-state index >= 15 is 0 Å². The van der Waals surface area contributed by atoms with Crippen LogP contribution in [0.15, 0.2) is 39.2 Å². The van der Waals surface area contributed by atoms with E-state index in [1.165, 1.54) is 18.4 Å². The number of fused-ring (bicyclic) bond motifs is 3. The zero-order valence-electron chi connectivity index (χ0n) is 23.0. The van der Waals surface area contributed by atoms with Gasteiger partial charge in [0.2, 0.25) is 0 Å². The van der Waals surface area contributed by atoms with Crippen LogP contribution in [0.25, 0.3) is 22.2 Å². The van der Waals surface area contributed by atoms with E-state index in [4.69, 9.17) is 11.6 Å². The van der Waals surface area contributed by atoms with Gasteiger partial charge in [-0.15, -0.1) is 15.0 Å². The average Bonchev–Trinajstić information content (AvgIpc) is 3.55. The quantitative estimate of drug-likeness (QED) is 0.220. The zero-order chi connectivity index (χ0) is 34.6. The fourth-order valence-electron chi connectivity index (χ4n) is 4.82. The van der Waals surface area contributed by atoms with Crippen LogP contribution in [0.1, 0.15) is 35.0 Å². The maximum absolute atomic E-state index is 13.4. The maximum Gasteiger partial charge on any atom is 0.524 e. The molecular formula is C24H18ClF6N5O7S3. The van der Waals surface area contributed by atoms with E-state index in [0.717, 1.165) is 39.4 Å². The smallest absolute Gasteiger partial charge is 0.341 e. The van der Waals surface area contributed by atoms with E-state index in [1.807, 2.05) is 15.8 Å². The molecule has 46 heavy (non-hydrogen) atoms. The lowest BCUT2D eigenvalue weighted by Crippen LogP contribution is -2.37. The highest BCUT2D eigenvalue weighted by Gasteiger charge is 2.57. The Bertz CT molecular complexity index is 2190. The van der Waals surface area contributed by atoms with Crippen molar-refractivity contribution < 1.29 is 46.8 Å². The first-order chi connectivity index (χ1) is 21.1. The predicted molar refractivity (Wildman–Crippen MR) is 152 cm³/mol. The summed E-state index contributed by atoms with van der Waals surface area (Å²) in [5, 5.41) is 13.0. The summed E-state index contributed by atoms with van der Waals surface area (Å²) in [6.45, 7) is 0.711. The second kappa shape index (κ2) is 12.1. The van der Waals surface area contributed by atoms with Crippen molar-refractivity contribution in [2.75, 3.05) is 0 Å². The Morgan fingerprint density at radius 3 is 2.17 bits per heavy atom. The van der Waals surface area contributed by atoms with Crippen LogP contribution in [0.2, 0.25) is 5.15 Å². The second-order valence-corrected chi connectivity index (χ2v) is 14.1. The van der Waals surface area contributed by atoms with Crippen LogP contribution in [0.3, 0.4) is 0 Å². The van der Waals surface area contributed by atoms with Gasteiger partial charge in [0.25, 0.3) is 5.56 Å². The SMILES string of the molecule is Cn1c(=O)c2c(-c3cccc(C#N)c3)n3c(c2n(C)c1=O)C(c1nc(Cl)cs1)CCC3.O=S(=O)(OS(=O)(=O)C(F)(F)F)C(F)(F)F. The van der Waals surface area contributed by atoms with E-state index in [9.17, 15) is 58.0 Å². The number of hydrogen-bond donors (Lipinski definition) is 0. The minimum Gasteiger partial charge on any atom is -0.341 e. The number of nitrogens with zero attached hydrogens (tertiary/aromatic N) is 5. The van der Waals surface area contributed by atoms with Crippen molar-refractivity contribution in [3.63, 3.8) is 0 Å². The summed E-state index contributed by atoms with van der Waals surface area (Å²) >= 11 is 7.60. The van der Waals surface area contributed by atoms with Gasteiger partial charge in [-0.25, -0.2) is 9.78 Å². The molecule has 1 atom stereocenters. The molecule has 0 fully saturated rings. The molecule has 0 bridgehead atoms. The van der Waals surface area contributed by atoms with Gasteiger partial charge >= 0.3 is 36.9 Å². The molecule has 1 aliphatic heterocycles. The maximum atomic E-state index is 13.4.